The predicted molar refractivity (Wildman–Crippen MR) is 64.0 cm³/mol. The largest absolute Gasteiger partial charge is 0.317 e. The molecule has 88 valence electrons. The van der Waals surface area contributed by atoms with Crippen molar-refractivity contribution in [1.82, 2.24) is 5.32 Å². The molecule has 0 radical (unpaired) electrons. The van der Waals surface area contributed by atoms with Gasteiger partial charge in [0.1, 0.15) is 5.78 Å². The molecule has 15 heavy (non-hydrogen) atoms. The monoisotopic (exact) mass is 211 g/mol. The van der Waals surface area contributed by atoms with Gasteiger partial charge < -0.3 is 5.32 Å². The van der Waals surface area contributed by atoms with Crippen LogP contribution < -0.4 is 5.32 Å². The minimum atomic E-state index is 0.488. The van der Waals surface area contributed by atoms with Crippen molar-refractivity contribution < 1.29 is 4.79 Å². The highest BCUT2D eigenvalue weighted by Gasteiger charge is 2.14. The number of carbonyl (C=O) groups is 1. The van der Waals surface area contributed by atoms with Crippen LogP contribution in [0, 0.1) is 5.92 Å². The van der Waals surface area contributed by atoms with Crippen molar-refractivity contribution in [2.45, 2.75) is 58.3 Å². The fraction of sp³-hybridized carbons (Fsp3) is 0.923. The second kappa shape index (κ2) is 7.86. The molecule has 1 rings (SSSR count). The third kappa shape index (κ3) is 5.93. The summed E-state index contributed by atoms with van der Waals surface area (Å²) in [4.78, 5) is 11.5. The third-order valence-corrected chi connectivity index (χ3v) is 3.35. The number of ketones is 1. The van der Waals surface area contributed by atoms with Gasteiger partial charge in [-0.25, -0.2) is 0 Å². The van der Waals surface area contributed by atoms with Crippen LogP contribution in [-0.4, -0.2) is 18.9 Å². The second-order valence-corrected chi connectivity index (χ2v) is 4.73. The Hall–Kier alpha value is -0.370. The molecule has 1 fully saturated rings. The number of piperidine rings is 1. The smallest absolute Gasteiger partial charge is 0.132 e. The van der Waals surface area contributed by atoms with E-state index in [4.69, 9.17) is 0 Å². The molecule has 0 atom stereocenters. The molecule has 2 nitrogen and oxygen atoms in total. The van der Waals surface area contributed by atoms with Gasteiger partial charge >= 0.3 is 0 Å². The Balaban J connectivity index is 2.00. The van der Waals surface area contributed by atoms with Crippen molar-refractivity contribution in [2.75, 3.05) is 13.1 Å². The average molecular weight is 211 g/mol. The van der Waals surface area contributed by atoms with Gasteiger partial charge in [-0.2, -0.15) is 0 Å². The highest BCUT2D eigenvalue weighted by Crippen LogP contribution is 2.18. The molecule has 1 N–H and O–H groups in total. The van der Waals surface area contributed by atoms with Gasteiger partial charge in [-0.05, 0) is 44.7 Å². The second-order valence-electron chi connectivity index (χ2n) is 4.73. The lowest BCUT2D eigenvalue weighted by Gasteiger charge is -2.22. The molecule has 1 heterocycles. The number of Topliss-reactive ketones (excluding diaryl/α,β-unsaturated/α-hetero) is 1. The highest BCUT2D eigenvalue weighted by atomic mass is 16.1. The van der Waals surface area contributed by atoms with Crippen LogP contribution in [0.2, 0.25) is 0 Å². The normalized spacial score (nSPS) is 17.9. The SMILES string of the molecule is CCCCCC(=O)CCC1CCNCC1. The summed E-state index contributed by atoms with van der Waals surface area (Å²) in [7, 11) is 0. The van der Waals surface area contributed by atoms with Gasteiger partial charge in [-0.1, -0.05) is 19.8 Å². The van der Waals surface area contributed by atoms with E-state index in [9.17, 15) is 4.79 Å². The van der Waals surface area contributed by atoms with Gasteiger partial charge in [0.15, 0.2) is 0 Å². The van der Waals surface area contributed by atoms with Crippen LogP contribution in [0.4, 0.5) is 0 Å². The molecule has 0 aromatic carbocycles. The van der Waals surface area contributed by atoms with Crippen molar-refractivity contribution in [1.29, 1.82) is 0 Å². The van der Waals surface area contributed by atoms with Crippen LogP contribution in [0.1, 0.15) is 58.3 Å². The van der Waals surface area contributed by atoms with E-state index in [1.165, 1.54) is 25.7 Å². The van der Waals surface area contributed by atoms with E-state index < -0.39 is 0 Å². The number of nitrogens with one attached hydrogen (secondary N) is 1. The van der Waals surface area contributed by atoms with Gasteiger partial charge in [0.25, 0.3) is 0 Å². The molecule has 0 spiro atoms. The van der Waals surface area contributed by atoms with Crippen molar-refractivity contribution in [3.05, 3.63) is 0 Å². The summed E-state index contributed by atoms with van der Waals surface area (Å²) in [6, 6.07) is 0. The zero-order valence-electron chi connectivity index (χ0n) is 10.1. The number of rotatable bonds is 7. The Bertz CT molecular complexity index is 173. The molecule has 0 aromatic rings. The van der Waals surface area contributed by atoms with Crippen molar-refractivity contribution in [3.8, 4) is 0 Å². The highest BCUT2D eigenvalue weighted by molar-refractivity contribution is 5.78. The van der Waals surface area contributed by atoms with E-state index in [0.29, 0.717) is 5.78 Å². The molecule has 0 unspecified atom stereocenters. The van der Waals surface area contributed by atoms with Gasteiger partial charge in [0, 0.05) is 12.8 Å². The summed E-state index contributed by atoms with van der Waals surface area (Å²) in [5, 5.41) is 3.36. The summed E-state index contributed by atoms with van der Waals surface area (Å²) in [5.41, 5.74) is 0. The van der Waals surface area contributed by atoms with Crippen LogP contribution in [0.3, 0.4) is 0 Å². The maximum absolute atomic E-state index is 11.5. The van der Waals surface area contributed by atoms with Crippen molar-refractivity contribution in [3.63, 3.8) is 0 Å². The summed E-state index contributed by atoms with van der Waals surface area (Å²) < 4.78 is 0. The molecule has 1 aliphatic heterocycles. The molecule has 0 amide bonds. The fourth-order valence-electron chi connectivity index (χ4n) is 2.23. The lowest BCUT2D eigenvalue weighted by atomic mass is 9.91. The first-order chi connectivity index (χ1) is 7.33. The number of hydrogen-bond donors (Lipinski definition) is 1. The zero-order chi connectivity index (χ0) is 10.9. The minimum Gasteiger partial charge on any atom is -0.317 e. The van der Waals surface area contributed by atoms with E-state index in [-0.39, 0.29) is 0 Å². The van der Waals surface area contributed by atoms with Gasteiger partial charge in [-0.15, -0.1) is 0 Å². The first-order valence-electron chi connectivity index (χ1n) is 6.55. The summed E-state index contributed by atoms with van der Waals surface area (Å²) in [6.07, 6.45) is 8.83. The van der Waals surface area contributed by atoms with E-state index >= 15 is 0 Å². The van der Waals surface area contributed by atoms with E-state index in [0.717, 1.165) is 44.7 Å². The number of hydrogen-bond acceptors (Lipinski definition) is 2. The third-order valence-electron chi connectivity index (χ3n) is 3.35. The molecule has 0 aromatic heterocycles. The molecular formula is C13H25NO. The summed E-state index contributed by atoms with van der Waals surface area (Å²) in [6.45, 7) is 4.48. The average Bonchev–Trinajstić information content (AvgIpc) is 2.28. The standard InChI is InChI=1S/C13H25NO/c1-2-3-4-5-13(15)7-6-12-8-10-14-11-9-12/h12,14H,2-11H2,1H3. The molecule has 0 saturated carbocycles. The summed E-state index contributed by atoms with van der Waals surface area (Å²) in [5.74, 6) is 1.29. The molecule has 0 bridgehead atoms. The van der Waals surface area contributed by atoms with Crippen molar-refractivity contribution in [2.24, 2.45) is 5.92 Å². The van der Waals surface area contributed by atoms with Gasteiger partial charge in [0.05, 0.1) is 0 Å². The van der Waals surface area contributed by atoms with Crippen LogP contribution in [-0.2, 0) is 4.79 Å². The Morgan fingerprint density at radius 2 is 1.93 bits per heavy atom. The van der Waals surface area contributed by atoms with Crippen LogP contribution in [0.5, 0.6) is 0 Å². The Morgan fingerprint density at radius 3 is 2.60 bits per heavy atom. The number of unbranched alkanes of at least 4 members (excludes halogenated alkanes) is 2. The molecule has 0 aliphatic carbocycles. The maximum Gasteiger partial charge on any atom is 0.132 e. The fourth-order valence-corrected chi connectivity index (χ4v) is 2.23. The van der Waals surface area contributed by atoms with Crippen molar-refractivity contribution >= 4 is 5.78 Å². The quantitative estimate of drug-likeness (QED) is 0.656. The van der Waals surface area contributed by atoms with E-state index in [1.807, 2.05) is 0 Å². The van der Waals surface area contributed by atoms with Gasteiger partial charge in [0.2, 0.25) is 0 Å². The Kier molecular flexibility index (Phi) is 6.66. The van der Waals surface area contributed by atoms with Gasteiger partial charge in [-0.3, -0.25) is 4.79 Å². The molecule has 1 saturated heterocycles. The summed E-state index contributed by atoms with van der Waals surface area (Å²) >= 11 is 0. The van der Waals surface area contributed by atoms with E-state index in [2.05, 4.69) is 12.2 Å². The minimum absolute atomic E-state index is 0.488. The van der Waals surface area contributed by atoms with E-state index in [1.54, 1.807) is 0 Å². The van der Waals surface area contributed by atoms with Crippen LogP contribution in [0.15, 0.2) is 0 Å². The topological polar surface area (TPSA) is 29.1 Å². The molecule has 2 heteroatoms. The maximum atomic E-state index is 11.5. The number of carbonyl (C=O) groups excluding carboxylic acids is 1. The molecular weight excluding hydrogens is 186 g/mol. The first kappa shape index (κ1) is 12.7. The predicted octanol–water partition coefficient (Wildman–Crippen LogP) is 2.92. The van der Waals surface area contributed by atoms with Crippen LogP contribution >= 0.6 is 0 Å². The van der Waals surface area contributed by atoms with Crippen LogP contribution in [0.25, 0.3) is 0 Å². The first-order valence-corrected chi connectivity index (χ1v) is 6.55. The Morgan fingerprint density at radius 1 is 1.20 bits per heavy atom. The Labute approximate surface area is 93.8 Å². The lowest BCUT2D eigenvalue weighted by Crippen LogP contribution is -2.27. The lowest BCUT2D eigenvalue weighted by molar-refractivity contribution is -0.119. The zero-order valence-corrected chi connectivity index (χ0v) is 10.1. The molecule has 1 aliphatic rings.